The molecule has 0 aromatic heterocycles. The average Bonchev–Trinajstić information content (AvgIpc) is 2.50. The van der Waals surface area contributed by atoms with Crippen molar-refractivity contribution in [2.75, 3.05) is 12.4 Å². The van der Waals surface area contributed by atoms with Crippen LogP contribution in [-0.2, 0) is 0 Å². The smallest absolute Gasteiger partial charge is 0.289 e. The first-order valence-electron chi connectivity index (χ1n) is 6.20. The lowest BCUT2D eigenvalue weighted by atomic mass is 10.2. The highest BCUT2D eigenvalue weighted by atomic mass is 35.5. The molecular weight excluding hydrogens is 332 g/mol. The molecule has 0 spiro atoms. The molecule has 0 aliphatic rings. The summed E-state index contributed by atoms with van der Waals surface area (Å²) in [6, 6.07) is 11.2. The fourth-order valence-electron chi connectivity index (χ4n) is 1.84. The number of ether oxygens (including phenoxy) is 1. The van der Waals surface area contributed by atoms with Crippen LogP contribution in [0.1, 0.15) is 10.4 Å². The molecule has 0 atom stereocenters. The predicted octanol–water partition coefficient (Wildman–Crippen LogP) is 4.92. The van der Waals surface area contributed by atoms with Gasteiger partial charge in [-0.3, -0.25) is 4.79 Å². The van der Waals surface area contributed by atoms with Crippen LogP contribution in [0.2, 0.25) is 5.02 Å². The van der Waals surface area contributed by atoms with Crippen LogP contribution in [0.3, 0.4) is 0 Å². The van der Waals surface area contributed by atoms with E-state index in [1.807, 2.05) is 0 Å². The average molecular weight is 344 g/mol. The highest BCUT2D eigenvalue weighted by molar-refractivity contribution is 7.99. The molecule has 2 aromatic rings. The Morgan fingerprint density at radius 3 is 2.64 bits per heavy atom. The van der Waals surface area contributed by atoms with Crippen molar-refractivity contribution in [2.45, 2.75) is 10.7 Å². The zero-order valence-corrected chi connectivity index (χ0v) is 13.0. The number of thioether (sulfide) groups is 1. The van der Waals surface area contributed by atoms with Crippen LogP contribution in [0.15, 0.2) is 47.4 Å². The lowest BCUT2D eigenvalue weighted by molar-refractivity contribution is 0.102. The molecule has 0 heterocycles. The van der Waals surface area contributed by atoms with E-state index in [0.717, 1.165) is 0 Å². The first kappa shape index (κ1) is 16.6. The Balaban J connectivity index is 2.30. The topological polar surface area (TPSA) is 38.3 Å². The number of carbonyl (C=O) groups excluding carboxylic acids is 1. The van der Waals surface area contributed by atoms with Crippen molar-refractivity contribution in [3.63, 3.8) is 0 Å². The van der Waals surface area contributed by atoms with Crippen LogP contribution < -0.4 is 10.1 Å². The summed E-state index contributed by atoms with van der Waals surface area (Å²) in [7, 11) is 1.45. The zero-order valence-electron chi connectivity index (χ0n) is 11.5. The summed E-state index contributed by atoms with van der Waals surface area (Å²) in [6.45, 7) is 0. The van der Waals surface area contributed by atoms with Crippen LogP contribution in [0, 0.1) is 0 Å². The van der Waals surface area contributed by atoms with Gasteiger partial charge in [-0.2, -0.15) is 8.78 Å². The van der Waals surface area contributed by atoms with Crippen molar-refractivity contribution in [2.24, 2.45) is 0 Å². The quantitative estimate of drug-likeness (QED) is 0.783. The summed E-state index contributed by atoms with van der Waals surface area (Å²) < 4.78 is 30.4. The number of para-hydroxylation sites is 1. The van der Waals surface area contributed by atoms with Crippen molar-refractivity contribution in [1.29, 1.82) is 0 Å². The van der Waals surface area contributed by atoms with Crippen molar-refractivity contribution >= 4 is 35.0 Å². The van der Waals surface area contributed by atoms with Gasteiger partial charge < -0.3 is 10.1 Å². The molecule has 0 fully saturated rings. The molecular formula is C15H12ClF2NO2S. The summed E-state index contributed by atoms with van der Waals surface area (Å²) in [4.78, 5) is 12.4. The second-order valence-corrected chi connectivity index (χ2v) is 5.56. The number of hydrogen-bond acceptors (Lipinski definition) is 3. The second kappa shape index (κ2) is 7.47. The van der Waals surface area contributed by atoms with Gasteiger partial charge in [0.25, 0.3) is 11.7 Å². The van der Waals surface area contributed by atoms with Gasteiger partial charge in [0.2, 0.25) is 0 Å². The normalized spacial score (nSPS) is 10.6. The van der Waals surface area contributed by atoms with Gasteiger partial charge in [-0.05, 0) is 24.3 Å². The standard InChI is InChI=1S/C15H12ClF2NO2S/c1-21-12-8-3-2-5-9(12)14(20)19-11-7-4-6-10(16)13(11)22-15(17)18/h2-8,15H,1H3,(H,19,20). The minimum Gasteiger partial charge on any atom is -0.496 e. The minimum absolute atomic E-state index is 0.127. The maximum absolute atomic E-state index is 12.6. The first-order chi connectivity index (χ1) is 10.5. The molecule has 3 nitrogen and oxygen atoms in total. The molecule has 0 saturated carbocycles. The number of nitrogens with one attached hydrogen (secondary N) is 1. The molecule has 0 bridgehead atoms. The summed E-state index contributed by atoms with van der Waals surface area (Å²) in [5.74, 6) is -2.71. The first-order valence-corrected chi connectivity index (χ1v) is 7.46. The van der Waals surface area contributed by atoms with Gasteiger partial charge in [-0.1, -0.05) is 41.6 Å². The Labute approximate surface area is 135 Å². The molecule has 0 aliphatic carbocycles. The number of carbonyl (C=O) groups is 1. The largest absolute Gasteiger partial charge is 0.496 e. The van der Waals surface area contributed by atoms with Crippen molar-refractivity contribution in [3.05, 3.63) is 53.1 Å². The van der Waals surface area contributed by atoms with Crippen LogP contribution in [-0.4, -0.2) is 18.8 Å². The fourth-order valence-corrected chi connectivity index (χ4v) is 2.75. The molecule has 116 valence electrons. The van der Waals surface area contributed by atoms with Gasteiger partial charge in [0.1, 0.15) is 5.75 Å². The van der Waals surface area contributed by atoms with E-state index >= 15 is 0 Å². The van der Waals surface area contributed by atoms with E-state index in [-0.39, 0.29) is 27.4 Å². The van der Waals surface area contributed by atoms with E-state index in [9.17, 15) is 13.6 Å². The maximum atomic E-state index is 12.6. The van der Waals surface area contributed by atoms with Gasteiger partial charge in [0.05, 0.1) is 28.3 Å². The van der Waals surface area contributed by atoms with Gasteiger partial charge in [-0.25, -0.2) is 0 Å². The number of methoxy groups -OCH3 is 1. The summed E-state index contributed by atoms with van der Waals surface area (Å²) in [5, 5.41) is 2.75. The maximum Gasteiger partial charge on any atom is 0.289 e. The summed E-state index contributed by atoms with van der Waals surface area (Å²) >= 11 is 6.22. The van der Waals surface area contributed by atoms with Gasteiger partial charge in [-0.15, -0.1) is 0 Å². The lowest BCUT2D eigenvalue weighted by Gasteiger charge is -2.13. The number of amides is 1. The molecule has 1 N–H and O–H groups in total. The van der Waals surface area contributed by atoms with Gasteiger partial charge in [0.15, 0.2) is 0 Å². The van der Waals surface area contributed by atoms with Gasteiger partial charge >= 0.3 is 0 Å². The van der Waals surface area contributed by atoms with Crippen molar-refractivity contribution < 1.29 is 18.3 Å². The Morgan fingerprint density at radius 1 is 1.23 bits per heavy atom. The number of halogens is 3. The van der Waals surface area contributed by atoms with Crippen LogP contribution in [0.4, 0.5) is 14.5 Å². The van der Waals surface area contributed by atoms with E-state index in [0.29, 0.717) is 11.3 Å². The van der Waals surface area contributed by atoms with E-state index in [4.69, 9.17) is 16.3 Å². The number of anilines is 1. The Morgan fingerprint density at radius 2 is 1.95 bits per heavy atom. The number of benzene rings is 2. The lowest BCUT2D eigenvalue weighted by Crippen LogP contribution is -2.14. The zero-order chi connectivity index (χ0) is 16.1. The molecule has 22 heavy (non-hydrogen) atoms. The number of hydrogen-bond donors (Lipinski definition) is 1. The molecule has 7 heteroatoms. The third-order valence-corrected chi connectivity index (χ3v) is 4.05. The van der Waals surface area contributed by atoms with Crippen LogP contribution >= 0.6 is 23.4 Å². The van der Waals surface area contributed by atoms with E-state index in [2.05, 4.69) is 5.32 Å². The minimum atomic E-state index is -2.64. The molecule has 1 amide bonds. The van der Waals surface area contributed by atoms with E-state index < -0.39 is 11.7 Å². The van der Waals surface area contributed by atoms with Gasteiger partial charge in [0, 0.05) is 0 Å². The van der Waals surface area contributed by atoms with E-state index in [1.165, 1.54) is 19.2 Å². The SMILES string of the molecule is COc1ccccc1C(=O)Nc1cccc(Cl)c1SC(F)F. The Bertz CT molecular complexity index is 682. The predicted molar refractivity (Wildman–Crippen MR) is 84.3 cm³/mol. The monoisotopic (exact) mass is 343 g/mol. The Hall–Kier alpha value is -1.79. The molecule has 2 rings (SSSR count). The summed E-state index contributed by atoms with van der Waals surface area (Å²) in [6.07, 6.45) is 0. The third-order valence-electron chi connectivity index (χ3n) is 2.77. The molecule has 0 aliphatic heterocycles. The third kappa shape index (κ3) is 3.90. The highest BCUT2D eigenvalue weighted by Crippen LogP contribution is 2.38. The Kier molecular flexibility index (Phi) is 5.63. The highest BCUT2D eigenvalue weighted by Gasteiger charge is 2.17. The van der Waals surface area contributed by atoms with Crippen molar-refractivity contribution in [3.8, 4) is 5.75 Å². The fraction of sp³-hybridized carbons (Fsp3) is 0.133. The van der Waals surface area contributed by atoms with Crippen molar-refractivity contribution in [1.82, 2.24) is 0 Å². The molecule has 2 aromatic carbocycles. The van der Waals surface area contributed by atoms with E-state index in [1.54, 1.807) is 30.3 Å². The van der Waals surface area contributed by atoms with Crippen LogP contribution in [0.25, 0.3) is 0 Å². The summed E-state index contributed by atoms with van der Waals surface area (Å²) in [5.41, 5.74) is 0.534. The molecule has 0 unspecified atom stereocenters. The second-order valence-electron chi connectivity index (χ2n) is 4.15. The molecule has 0 saturated heterocycles. The number of alkyl halides is 2. The number of rotatable bonds is 5. The van der Waals surface area contributed by atoms with Crippen LogP contribution in [0.5, 0.6) is 5.75 Å². The molecule has 0 radical (unpaired) electrons.